The summed E-state index contributed by atoms with van der Waals surface area (Å²) in [6.07, 6.45) is 1.63. The highest BCUT2D eigenvalue weighted by Gasteiger charge is 2.18. The van der Waals surface area contributed by atoms with E-state index in [0.717, 1.165) is 16.2 Å². The molecule has 1 amide bonds. The summed E-state index contributed by atoms with van der Waals surface area (Å²) >= 11 is 8.99. The van der Waals surface area contributed by atoms with Crippen LogP contribution in [0.4, 0.5) is 0 Å². The van der Waals surface area contributed by atoms with Crippen LogP contribution in [0.25, 0.3) is 11.4 Å². The first kappa shape index (κ1) is 20.7. The average molecular weight is 459 g/mol. The van der Waals surface area contributed by atoms with E-state index in [9.17, 15) is 4.79 Å². The second-order valence-electron chi connectivity index (χ2n) is 6.57. The number of hydrogen-bond donors (Lipinski definition) is 1. The van der Waals surface area contributed by atoms with Crippen molar-refractivity contribution in [2.45, 2.75) is 24.7 Å². The average Bonchev–Trinajstić information content (AvgIpc) is 3.50. The maximum atomic E-state index is 12.4. The van der Waals surface area contributed by atoms with Gasteiger partial charge in [0.25, 0.3) is 0 Å². The fraction of sp³-hybridized carbons (Fsp3) is 0.190. The maximum Gasteiger partial charge on any atom is 0.230 e. The van der Waals surface area contributed by atoms with E-state index in [0.29, 0.717) is 22.5 Å². The van der Waals surface area contributed by atoms with Crippen LogP contribution in [0.5, 0.6) is 0 Å². The van der Waals surface area contributed by atoms with Crippen molar-refractivity contribution in [2.24, 2.45) is 0 Å². The van der Waals surface area contributed by atoms with Gasteiger partial charge in [-0.25, -0.2) is 0 Å². The second-order valence-corrected chi connectivity index (χ2v) is 8.93. The summed E-state index contributed by atoms with van der Waals surface area (Å²) in [5.74, 6) is 1.66. The van der Waals surface area contributed by atoms with E-state index in [1.54, 1.807) is 17.6 Å². The van der Waals surface area contributed by atoms with Crippen LogP contribution in [-0.4, -0.2) is 26.4 Å². The van der Waals surface area contributed by atoms with Crippen LogP contribution in [-0.2, 0) is 11.3 Å². The molecule has 4 aromatic rings. The summed E-state index contributed by atoms with van der Waals surface area (Å²) < 4.78 is 7.45. The van der Waals surface area contributed by atoms with Gasteiger partial charge < -0.3 is 9.73 Å². The monoisotopic (exact) mass is 458 g/mol. The molecule has 0 aliphatic heterocycles. The fourth-order valence-corrected chi connectivity index (χ4v) is 4.54. The van der Waals surface area contributed by atoms with Gasteiger partial charge in [0.05, 0.1) is 24.6 Å². The van der Waals surface area contributed by atoms with E-state index in [2.05, 4.69) is 15.5 Å². The van der Waals surface area contributed by atoms with E-state index < -0.39 is 0 Å². The molecule has 1 unspecified atom stereocenters. The first-order valence-electron chi connectivity index (χ1n) is 9.27. The normalized spacial score (nSPS) is 12.1. The number of nitrogens with zero attached hydrogens (tertiary/aromatic N) is 3. The predicted octanol–water partition coefficient (Wildman–Crippen LogP) is 5.27. The van der Waals surface area contributed by atoms with Crippen LogP contribution in [0.15, 0.2) is 69.7 Å². The Kier molecular flexibility index (Phi) is 6.56. The highest BCUT2D eigenvalue weighted by atomic mass is 35.5. The summed E-state index contributed by atoms with van der Waals surface area (Å²) in [7, 11) is 0. The third-order valence-electron chi connectivity index (χ3n) is 4.39. The first-order valence-corrected chi connectivity index (χ1v) is 11.5. The van der Waals surface area contributed by atoms with Crippen molar-refractivity contribution in [3.8, 4) is 11.4 Å². The quantitative estimate of drug-likeness (QED) is 0.364. The molecule has 0 spiro atoms. The maximum absolute atomic E-state index is 12.4. The number of hydrogen-bond acceptors (Lipinski definition) is 6. The molecule has 1 atom stereocenters. The minimum absolute atomic E-state index is 0.0243. The minimum Gasteiger partial charge on any atom is -0.467 e. The lowest BCUT2D eigenvalue weighted by atomic mass is 10.2. The van der Waals surface area contributed by atoms with Crippen LogP contribution in [0.1, 0.15) is 23.6 Å². The molecule has 1 aromatic carbocycles. The molecule has 6 nitrogen and oxygen atoms in total. The van der Waals surface area contributed by atoms with Gasteiger partial charge in [0, 0.05) is 15.5 Å². The van der Waals surface area contributed by atoms with Crippen molar-refractivity contribution in [3.05, 3.63) is 75.8 Å². The number of amides is 1. The van der Waals surface area contributed by atoms with Crippen molar-refractivity contribution in [2.75, 3.05) is 5.75 Å². The smallest absolute Gasteiger partial charge is 0.230 e. The molecule has 0 saturated heterocycles. The predicted molar refractivity (Wildman–Crippen MR) is 120 cm³/mol. The zero-order valence-corrected chi connectivity index (χ0v) is 18.5. The van der Waals surface area contributed by atoms with Gasteiger partial charge in [-0.2, -0.15) is 0 Å². The van der Waals surface area contributed by atoms with Crippen molar-refractivity contribution in [1.82, 2.24) is 20.1 Å². The summed E-state index contributed by atoms with van der Waals surface area (Å²) in [4.78, 5) is 13.6. The van der Waals surface area contributed by atoms with Crippen LogP contribution in [0, 0.1) is 0 Å². The largest absolute Gasteiger partial charge is 0.467 e. The summed E-state index contributed by atoms with van der Waals surface area (Å²) in [5.41, 5.74) is 0.890. The third kappa shape index (κ3) is 4.95. The number of carbonyl (C=O) groups excluding carboxylic acids is 1. The van der Waals surface area contributed by atoms with Gasteiger partial charge in [-0.3, -0.25) is 9.36 Å². The number of rotatable bonds is 8. The highest BCUT2D eigenvalue weighted by Crippen LogP contribution is 2.26. The van der Waals surface area contributed by atoms with Crippen LogP contribution < -0.4 is 5.32 Å². The second kappa shape index (κ2) is 9.51. The summed E-state index contributed by atoms with van der Waals surface area (Å²) in [6.45, 7) is 2.44. The van der Waals surface area contributed by atoms with E-state index in [-0.39, 0.29) is 17.7 Å². The van der Waals surface area contributed by atoms with Gasteiger partial charge in [0.2, 0.25) is 5.91 Å². The topological polar surface area (TPSA) is 73.0 Å². The Morgan fingerprint density at radius 2 is 2.07 bits per heavy atom. The van der Waals surface area contributed by atoms with Gasteiger partial charge in [0.1, 0.15) is 5.76 Å². The molecule has 30 heavy (non-hydrogen) atoms. The molecule has 3 heterocycles. The number of thioether (sulfide) groups is 1. The molecule has 1 N–H and O–H groups in total. The number of aromatic nitrogens is 3. The Hall–Kier alpha value is -2.55. The Morgan fingerprint density at radius 3 is 2.77 bits per heavy atom. The number of furan rings is 1. The van der Waals surface area contributed by atoms with E-state index in [1.807, 2.05) is 65.4 Å². The van der Waals surface area contributed by atoms with Crippen LogP contribution in [0.3, 0.4) is 0 Å². The molecule has 4 rings (SSSR count). The van der Waals surface area contributed by atoms with E-state index in [1.165, 1.54) is 11.8 Å². The van der Waals surface area contributed by atoms with Gasteiger partial charge in [-0.05, 0) is 54.8 Å². The minimum atomic E-state index is -0.0542. The number of benzene rings is 1. The summed E-state index contributed by atoms with van der Waals surface area (Å²) in [6, 6.07) is 15.1. The standard InChI is InChI=1S/C21H19ClN4O2S2/c1-14(18-5-3-11-29-18)23-19(27)13-30-21-25-24-20(15-6-8-16(22)9-7-15)26(21)12-17-4-2-10-28-17/h2-11,14H,12-13H2,1H3,(H,23,27). The van der Waals surface area contributed by atoms with E-state index >= 15 is 0 Å². The molecule has 0 aliphatic rings. The number of carbonyl (C=O) groups is 1. The molecule has 154 valence electrons. The first-order chi connectivity index (χ1) is 14.6. The van der Waals surface area contributed by atoms with Gasteiger partial charge in [-0.15, -0.1) is 21.5 Å². The molecule has 3 aromatic heterocycles. The lowest BCUT2D eigenvalue weighted by Gasteiger charge is -2.12. The molecule has 0 aliphatic carbocycles. The molecule has 9 heteroatoms. The van der Waals surface area contributed by atoms with E-state index in [4.69, 9.17) is 16.0 Å². The van der Waals surface area contributed by atoms with Crippen molar-refractivity contribution >= 4 is 40.6 Å². The van der Waals surface area contributed by atoms with Gasteiger partial charge in [-0.1, -0.05) is 29.4 Å². The molecule has 0 radical (unpaired) electrons. The zero-order valence-electron chi connectivity index (χ0n) is 16.1. The van der Waals surface area contributed by atoms with Gasteiger partial charge >= 0.3 is 0 Å². The Morgan fingerprint density at radius 1 is 1.23 bits per heavy atom. The fourth-order valence-electron chi connectivity index (χ4n) is 2.93. The van der Waals surface area contributed by atoms with Crippen molar-refractivity contribution in [1.29, 1.82) is 0 Å². The highest BCUT2D eigenvalue weighted by molar-refractivity contribution is 7.99. The molecule has 0 fully saturated rings. The Balaban J connectivity index is 1.50. The number of nitrogens with one attached hydrogen (secondary N) is 1. The van der Waals surface area contributed by atoms with Crippen molar-refractivity contribution < 1.29 is 9.21 Å². The molecular weight excluding hydrogens is 440 g/mol. The summed E-state index contributed by atoms with van der Waals surface area (Å²) in [5, 5.41) is 15.0. The SMILES string of the molecule is CC(NC(=O)CSc1nnc(-c2ccc(Cl)cc2)n1Cc1ccco1)c1cccs1. The van der Waals surface area contributed by atoms with Gasteiger partial charge in [0.15, 0.2) is 11.0 Å². The lowest BCUT2D eigenvalue weighted by Crippen LogP contribution is -2.27. The molecule has 0 bridgehead atoms. The molecular formula is C21H19ClN4O2S2. The molecule has 0 saturated carbocycles. The Bertz CT molecular complexity index is 1090. The number of halogens is 1. The Labute approximate surface area is 187 Å². The van der Waals surface area contributed by atoms with Crippen molar-refractivity contribution in [3.63, 3.8) is 0 Å². The van der Waals surface area contributed by atoms with Crippen LogP contribution in [0.2, 0.25) is 5.02 Å². The van der Waals surface area contributed by atoms with Crippen LogP contribution >= 0.6 is 34.7 Å². The number of thiophene rings is 1. The zero-order chi connectivity index (χ0) is 20.9. The lowest BCUT2D eigenvalue weighted by molar-refractivity contribution is -0.119. The third-order valence-corrected chi connectivity index (χ3v) is 6.67.